The van der Waals surface area contributed by atoms with Gasteiger partial charge in [-0.2, -0.15) is 0 Å². The third-order valence-corrected chi connectivity index (χ3v) is 3.81. The van der Waals surface area contributed by atoms with Crippen LogP contribution in [0.15, 0.2) is 0 Å². The number of hydrogen-bond donors (Lipinski definition) is 0. The standard InChI is InChI=1S/2C8H11NO5.Mo.2O/c2*10-6(8(12)13)5-7(11)9-1-3-14-4-2-9;;;/h2*1-5H2,(H,12,13);;;/q;;+2;;/p-2. The van der Waals surface area contributed by atoms with E-state index in [2.05, 4.69) is 0 Å². The second kappa shape index (κ2) is 16.2. The summed E-state index contributed by atoms with van der Waals surface area (Å²) in [6.45, 7) is 3.30. The van der Waals surface area contributed by atoms with Crippen LogP contribution in [0.4, 0.5) is 0 Å². The number of Topliss-reactive ketones (excluding diaryl/α,β-unsaturated/α-hetero) is 2. The number of ketones is 2. The molecular weight excluding hydrogens is 508 g/mol. The van der Waals surface area contributed by atoms with Gasteiger partial charge in [0.25, 0.3) is 0 Å². The molecule has 14 nitrogen and oxygen atoms in total. The van der Waals surface area contributed by atoms with Crippen LogP contribution < -0.4 is 10.2 Å². The molecule has 2 saturated heterocycles. The van der Waals surface area contributed by atoms with Crippen LogP contribution in [0.3, 0.4) is 0 Å². The van der Waals surface area contributed by atoms with Gasteiger partial charge in [-0.05, 0) is 0 Å². The Hall–Kier alpha value is -2.57. The van der Waals surface area contributed by atoms with Crippen LogP contribution in [0.5, 0.6) is 0 Å². The third kappa shape index (κ3) is 12.7. The number of nitrogens with zero attached hydrogens (tertiary/aromatic N) is 2. The molecule has 2 rings (SSSR count). The summed E-state index contributed by atoms with van der Waals surface area (Å²) in [6, 6.07) is 0. The summed E-state index contributed by atoms with van der Waals surface area (Å²) in [5.74, 6) is -6.95. The zero-order valence-electron chi connectivity index (χ0n) is 16.3. The van der Waals surface area contributed by atoms with Crippen molar-refractivity contribution < 1.29 is 73.7 Å². The Labute approximate surface area is 184 Å². The van der Waals surface area contributed by atoms with Crippen molar-refractivity contribution in [2.75, 3.05) is 52.6 Å². The van der Waals surface area contributed by atoms with E-state index < -0.39 is 66.7 Å². The molecule has 0 radical (unpaired) electrons. The van der Waals surface area contributed by atoms with E-state index in [0.29, 0.717) is 52.6 Å². The van der Waals surface area contributed by atoms with E-state index in [9.17, 15) is 39.0 Å². The molecule has 0 saturated carbocycles. The van der Waals surface area contributed by atoms with Crippen LogP contribution in [0.1, 0.15) is 12.8 Å². The van der Waals surface area contributed by atoms with Crippen molar-refractivity contribution in [3.05, 3.63) is 0 Å². The van der Waals surface area contributed by atoms with Gasteiger partial charge in [-0.3, -0.25) is 19.2 Å². The number of rotatable bonds is 6. The maximum absolute atomic E-state index is 11.3. The molecule has 172 valence electrons. The van der Waals surface area contributed by atoms with Crippen LogP contribution in [0.25, 0.3) is 0 Å². The molecule has 0 spiro atoms. The fourth-order valence-electron chi connectivity index (χ4n) is 2.27. The fourth-order valence-corrected chi connectivity index (χ4v) is 2.27. The van der Waals surface area contributed by atoms with Gasteiger partial charge >= 0.3 is 25.3 Å². The quantitative estimate of drug-likeness (QED) is 0.180. The van der Waals surface area contributed by atoms with E-state index in [1.54, 1.807) is 0 Å². The van der Waals surface area contributed by atoms with Crippen molar-refractivity contribution in [3.8, 4) is 0 Å². The van der Waals surface area contributed by atoms with E-state index in [1.165, 1.54) is 9.80 Å². The van der Waals surface area contributed by atoms with Gasteiger partial charge in [0.2, 0.25) is 11.8 Å². The summed E-state index contributed by atoms with van der Waals surface area (Å²) in [5.41, 5.74) is 0. The minimum atomic E-state index is -2.03. The molecule has 2 aliphatic heterocycles. The number of carboxylic acids is 2. The van der Waals surface area contributed by atoms with E-state index in [1.807, 2.05) is 0 Å². The number of amides is 2. The monoisotopic (exact) mass is 530 g/mol. The number of aliphatic carboxylic acids is 2. The van der Waals surface area contributed by atoms with Crippen molar-refractivity contribution in [1.82, 2.24) is 9.80 Å². The molecule has 0 N–H and O–H groups in total. The van der Waals surface area contributed by atoms with Crippen LogP contribution in [0, 0.1) is 0 Å². The van der Waals surface area contributed by atoms with Crippen LogP contribution in [-0.4, -0.2) is 97.7 Å². The van der Waals surface area contributed by atoms with E-state index in [0.717, 1.165) is 0 Å². The number of carboxylic acid groups (broad SMARTS) is 2. The molecule has 0 aromatic rings. The summed E-state index contributed by atoms with van der Waals surface area (Å²) in [7, 11) is 0. The number of carbonyl (C=O) groups is 6. The summed E-state index contributed by atoms with van der Waals surface area (Å²) in [6.07, 6.45) is -1.25. The maximum atomic E-state index is 11.3. The molecule has 0 atom stereocenters. The number of morpholine rings is 2. The number of hydrogen-bond acceptors (Lipinski definition) is 12. The summed E-state index contributed by atoms with van der Waals surface area (Å²) < 4.78 is 27.0. The molecular formula is C16H20MoN2O12. The van der Waals surface area contributed by atoms with Crippen molar-refractivity contribution >= 4 is 35.3 Å². The molecule has 2 aliphatic rings. The number of ether oxygens (including phenoxy) is 2. The van der Waals surface area contributed by atoms with Crippen molar-refractivity contribution in [3.63, 3.8) is 0 Å². The summed E-state index contributed by atoms with van der Waals surface area (Å²) in [4.78, 5) is 66.8. The Kier molecular flexibility index (Phi) is 14.8. The molecule has 0 aromatic heterocycles. The Morgan fingerprint density at radius 2 is 0.903 bits per heavy atom. The first kappa shape index (κ1) is 28.4. The predicted molar refractivity (Wildman–Crippen MR) is 85.4 cm³/mol. The van der Waals surface area contributed by atoms with Crippen LogP contribution in [0.2, 0.25) is 0 Å². The topological polar surface area (TPSA) is 208 Å². The molecule has 2 fully saturated rings. The van der Waals surface area contributed by atoms with Crippen molar-refractivity contribution in [2.24, 2.45) is 0 Å². The van der Waals surface area contributed by atoms with Gasteiger partial charge in [0, 0.05) is 26.2 Å². The average Bonchev–Trinajstić information content (AvgIpc) is 2.75. The van der Waals surface area contributed by atoms with Gasteiger partial charge in [0.05, 0.1) is 39.3 Å². The molecule has 0 aromatic carbocycles. The molecule has 0 bridgehead atoms. The Morgan fingerprint density at radius 3 is 1.13 bits per heavy atom. The minimum absolute atomic E-state index is 0.402. The molecule has 31 heavy (non-hydrogen) atoms. The average molecular weight is 528 g/mol. The third-order valence-electron chi connectivity index (χ3n) is 3.81. The van der Waals surface area contributed by atoms with Gasteiger partial charge in [-0.1, -0.05) is 0 Å². The first-order valence-electron chi connectivity index (χ1n) is 8.75. The van der Waals surface area contributed by atoms with E-state index in [4.69, 9.17) is 16.3 Å². The van der Waals surface area contributed by atoms with Gasteiger partial charge in [0.15, 0.2) is 11.6 Å². The molecule has 15 heteroatoms. The molecule has 2 heterocycles. The van der Waals surface area contributed by atoms with E-state index >= 15 is 0 Å². The van der Waals surface area contributed by atoms with Gasteiger partial charge in [0.1, 0.15) is 11.9 Å². The second-order valence-corrected chi connectivity index (χ2v) is 6.16. The molecule has 0 unspecified atom stereocenters. The van der Waals surface area contributed by atoms with Gasteiger partial charge in [-0.25, -0.2) is 0 Å². The number of carbonyl (C=O) groups excluding carboxylic acids is 6. The SMILES string of the molecule is O=C([O-])C(=O)CC(=O)N1CCOCC1.O=C([O-])C(=O)CC(=O)N1CCOCC1.[O]=[Mo+2]=[O]. The van der Waals surface area contributed by atoms with E-state index in [-0.39, 0.29) is 0 Å². The van der Waals surface area contributed by atoms with Crippen LogP contribution in [-0.2, 0) is 63.5 Å². The molecule has 0 aliphatic carbocycles. The fraction of sp³-hybridized carbons (Fsp3) is 0.625. The van der Waals surface area contributed by atoms with Gasteiger partial charge < -0.3 is 39.1 Å². The second-order valence-electron chi connectivity index (χ2n) is 5.83. The Balaban J connectivity index is 0.000000516. The first-order chi connectivity index (χ1) is 14.6. The Morgan fingerprint density at radius 1 is 0.645 bits per heavy atom. The van der Waals surface area contributed by atoms with Crippen molar-refractivity contribution in [2.45, 2.75) is 12.8 Å². The Bertz CT molecular complexity index is 653. The predicted octanol–water partition coefficient (Wildman–Crippen LogP) is -5.13. The summed E-state index contributed by atoms with van der Waals surface area (Å²) in [5, 5.41) is 20.1. The van der Waals surface area contributed by atoms with Crippen molar-refractivity contribution in [1.29, 1.82) is 0 Å². The van der Waals surface area contributed by atoms with Crippen LogP contribution >= 0.6 is 0 Å². The first-order valence-corrected chi connectivity index (χ1v) is 10.4. The zero-order chi connectivity index (χ0) is 23.8. The van der Waals surface area contributed by atoms with Gasteiger partial charge in [-0.15, -0.1) is 0 Å². The summed E-state index contributed by atoms with van der Waals surface area (Å²) >= 11 is -2.03. The zero-order valence-corrected chi connectivity index (χ0v) is 18.3. The normalized spacial score (nSPS) is 15.1. The molecule has 2 amide bonds.